The van der Waals surface area contributed by atoms with Crippen molar-refractivity contribution < 1.29 is 19.1 Å². The maximum absolute atomic E-state index is 13.8. The predicted octanol–water partition coefficient (Wildman–Crippen LogP) is 5.07. The van der Waals surface area contributed by atoms with E-state index in [9.17, 15) is 9.59 Å². The van der Waals surface area contributed by atoms with E-state index >= 15 is 0 Å². The van der Waals surface area contributed by atoms with Gasteiger partial charge >= 0.3 is 0 Å². The van der Waals surface area contributed by atoms with Gasteiger partial charge in [-0.05, 0) is 67.5 Å². The van der Waals surface area contributed by atoms with Crippen molar-refractivity contribution in [3.8, 4) is 5.75 Å². The lowest BCUT2D eigenvalue weighted by Gasteiger charge is -2.40. The number of methoxy groups -OCH3 is 1. The molecule has 4 rings (SSSR count). The molecule has 190 valence electrons. The normalized spacial score (nSPS) is 15.3. The van der Waals surface area contributed by atoms with E-state index in [1.54, 1.807) is 23.3 Å². The monoisotopic (exact) mass is 506 g/mol. The fraction of sp³-hybridized carbons (Fsp3) is 0.379. The molecular weight excluding hydrogens is 472 g/mol. The summed E-state index contributed by atoms with van der Waals surface area (Å²) in [5.41, 5.74) is 2.67. The molecule has 1 aliphatic heterocycles. The van der Waals surface area contributed by atoms with Crippen molar-refractivity contribution in [2.45, 2.75) is 45.4 Å². The highest BCUT2D eigenvalue weighted by Crippen LogP contribution is 2.38. The third kappa shape index (κ3) is 5.97. The van der Waals surface area contributed by atoms with E-state index < -0.39 is 5.54 Å². The molecular formula is C29H34N2O4S. The minimum atomic E-state index is -0.526. The predicted molar refractivity (Wildman–Crippen MR) is 142 cm³/mol. The number of fused-ring (bicyclic) bond motifs is 1. The number of ether oxygens (including phenoxy) is 2. The van der Waals surface area contributed by atoms with Crippen molar-refractivity contribution in [2.75, 3.05) is 26.8 Å². The number of thiophene rings is 1. The number of rotatable bonds is 8. The number of carbonyl (C=O) groups excluding carboxylic acids is 2. The van der Waals surface area contributed by atoms with Crippen molar-refractivity contribution in [2.24, 2.45) is 0 Å². The summed E-state index contributed by atoms with van der Waals surface area (Å²) in [6.07, 6.45) is 0.815. The fourth-order valence-electron chi connectivity index (χ4n) is 4.56. The molecule has 1 unspecified atom stereocenters. The molecule has 0 bridgehead atoms. The summed E-state index contributed by atoms with van der Waals surface area (Å²) in [6, 6.07) is 19.6. The van der Waals surface area contributed by atoms with Crippen molar-refractivity contribution in [3.63, 3.8) is 0 Å². The van der Waals surface area contributed by atoms with E-state index in [-0.39, 0.29) is 31.0 Å². The summed E-state index contributed by atoms with van der Waals surface area (Å²) in [6.45, 7) is 6.74. The second kappa shape index (κ2) is 11.3. The topological polar surface area (TPSA) is 59.1 Å². The Labute approximate surface area is 217 Å². The van der Waals surface area contributed by atoms with Gasteiger partial charge in [0.15, 0.2) is 0 Å². The molecule has 0 N–H and O–H groups in total. The molecule has 2 heterocycles. The van der Waals surface area contributed by atoms with Crippen molar-refractivity contribution in [3.05, 3.63) is 87.6 Å². The molecule has 6 nitrogen and oxygen atoms in total. The number of nitrogens with zero attached hydrogens (tertiary/aromatic N) is 2. The molecule has 0 fully saturated rings. The number of carbonyl (C=O) groups is 2. The third-order valence-electron chi connectivity index (χ3n) is 6.46. The first kappa shape index (κ1) is 25.9. The van der Waals surface area contributed by atoms with E-state index in [0.29, 0.717) is 13.2 Å². The van der Waals surface area contributed by atoms with Crippen LogP contribution in [0, 0.1) is 0 Å². The Kier molecular flexibility index (Phi) is 8.11. The smallest absolute Gasteiger partial charge is 0.249 e. The van der Waals surface area contributed by atoms with Crippen LogP contribution in [-0.4, -0.2) is 54.0 Å². The Bertz CT molecular complexity index is 1170. The summed E-state index contributed by atoms with van der Waals surface area (Å²) in [4.78, 5) is 31.8. The van der Waals surface area contributed by atoms with Crippen LogP contribution in [0.15, 0.2) is 66.0 Å². The highest BCUT2D eigenvalue weighted by atomic mass is 32.1. The first-order chi connectivity index (χ1) is 17.3. The van der Waals surface area contributed by atoms with Gasteiger partial charge in [0.05, 0.1) is 19.8 Å². The molecule has 1 aliphatic rings. The van der Waals surface area contributed by atoms with Gasteiger partial charge in [-0.2, -0.15) is 0 Å². The standard InChI is InChI=1S/C29H34N2O4S/c1-29(2,3)31(27(33)20-35-19-21-8-6-5-7-9-21)18-26(32)30-16-14-25-24(15-17-36-25)28(30)22-10-12-23(34-4)13-11-22/h5-13,15,17,28H,14,16,18-20H2,1-4H3. The van der Waals surface area contributed by atoms with Crippen LogP contribution in [0.25, 0.3) is 0 Å². The molecule has 2 amide bonds. The van der Waals surface area contributed by atoms with Crippen LogP contribution in [0.3, 0.4) is 0 Å². The molecule has 36 heavy (non-hydrogen) atoms. The van der Waals surface area contributed by atoms with Gasteiger partial charge < -0.3 is 19.3 Å². The summed E-state index contributed by atoms with van der Waals surface area (Å²) in [7, 11) is 1.64. The zero-order valence-electron chi connectivity index (χ0n) is 21.4. The largest absolute Gasteiger partial charge is 0.497 e. The van der Waals surface area contributed by atoms with Crippen molar-refractivity contribution in [1.29, 1.82) is 0 Å². The average Bonchev–Trinajstić information content (AvgIpc) is 3.35. The first-order valence-electron chi connectivity index (χ1n) is 12.2. The van der Waals surface area contributed by atoms with Crippen LogP contribution in [0.1, 0.15) is 48.4 Å². The molecule has 7 heteroatoms. The van der Waals surface area contributed by atoms with Crippen LogP contribution in [0.5, 0.6) is 5.75 Å². The van der Waals surface area contributed by atoms with E-state index in [0.717, 1.165) is 28.9 Å². The fourth-order valence-corrected chi connectivity index (χ4v) is 5.47. The number of hydrogen-bond donors (Lipinski definition) is 0. The van der Waals surface area contributed by atoms with Gasteiger partial charge in [0.2, 0.25) is 11.8 Å². The summed E-state index contributed by atoms with van der Waals surface area (Å²) < 4.78 is 11.0. The van der Waals surface area contributed by atoms with Gasteiger partial charge in [0.25, 0.3) is 0 Å². The maximum Gasteiger partial charge on any atom is 0.249 e. The van der Waals surface area contributed by atoms with E-state index in [4.69, 9.17) is 9.47 Å². The van der Waals surface area contributed by atoms with E-state index in [1.165, 1.54) is 4.88 Å². The number of benzene rings is 2. The van der Waals surface area contributed by atoms with Gasteiger partial charge in [-0.1, -0.05) is 42.5 Å². The molecule has 0 saturated heterocycles. The molecule has 0 aliphatic carbocycles. The van der Waals surface area contributed by atoms with Gasteiger partial charge in [0.1, 0.15) is 18.9 Å². The third-order valence-corrected chi connectivity index (χ3v) is 7.46. The summed E-state index contributed by atoms with van der Waals surface area (Å²) >= 11 is 1.73. The quantitative estimate of drug-likeness (QED) is 0.428. The minimum absolute atomic E-state index is 0.00313. The molecule has 1 atom stereocenters. The first-order valence-corrected chi connectivity index (χ1v) is 13.1. The minimum Gasteiger partial charge on any atom is -0.497 e. The van der Waals surface area contributed by atoms with E-state index in [2.05, 4.69) is 11.4 Å². The highest BCUT2D eigenvalue weighted by molar-refractivity contribution is 7.10. The van der Waals surface area contributed by atoms with Crippen LogP contribution in [0.4, 0.5) is 0 Å². The van der Waals surface area contributed by atoms with Crippen molar-refractivity contribution >= 4 is 23.2 Å². The van der Waals surface area contributed by atoms with Crippen molar-refractivity contribution in [1.82, 2.24) is 9.80 Å². The Morgan fingerprint density at radius 1 is 1.06 bits per heavy atom. The second-order valence-electron chi connectivity index (χ2n) is 9.94. The van der Waals surface area contributed by atoms with Crippen LogP contribution >= 0.6 is 11.3 Å². The Hall–Kier alpha value is -3.16. The lowest BCUT2D eigenvalue weighted by Crippen LogP contribution is -2.53. The van der Waals surface area contributed by atoms with Gasteiger partial charge in [-0.3, -0.25) is 9.59 Å². The molecule has 3 aromatic rings. The molecule has 0 spiro atoms. The summed E-state index contributed by atoms with van der Waals surface area (Å²) in [5.74, 6) is 0.512. The van der Waals surface area contributed by atoms with Crippen LogP contribution < -0.4 is 4.74 Å². The zero-order chi connectivity index (χ0) is 25.7. The van der Waals surface area contributed by atoms with Crippen LogP contribution in [-0.2, 0) is 27.4 Å². The second-order valence-corrected chi connectivity index (χ2v) is 10.9. The number of amides is 2. The van der Waals surface area contributed by atoms with Crippen LogP contribution in [0.2, 0.25) is 0 Å². The van der Waals surface area contributed by atoms with E-state index in [1.807, 2.05) is 80.3 Å². The highest BCUT2D eigenvalue weighted by Gasteiger charge is 2.36. The molecule has 1 aromatic heterocycles. The summed E-state index contributed by atoms with van der Waals surface area (Å²) in [5, 5.41) is 2.09. The lowest BCUT2D eigenvalue weighted by molar-refractivity contribution is -0.149. The van der Waals surface area contributed by atoms with Gasteiger partial charge in [0, 0.05) is 17.0 Å². The molecule has 0 radical (unpaired) electrons. The SMILES string of the molecule is COc1ccc(C2c3ccsc3CCN2C(=O)CN(C(=O)COCc2ccccc2)C(C)(C)C)cc1. The molecule has 2 aromatic carbocycles. The van der Waals surface area contributed by atoms with Gasteiger partial charge in [-0.15, -0.1) is 11.3 Å². The Morgan fingerprint density at radius 3 is 2.44 bits per heavy atom. The molecule has 0 saturated carbocycles. The average molecular weight is 507 g/mol. The maximum atomic E-state index is 13.8. The zero-order valence-corrected chi connectivity index (χ0v) is 22.2. The lowest BCUT2D eigenvalue weighted by atomic mass is 9.93. The van der Waals surface area contributed by atoms with Gasteiger partial charge in [-0.25, -0.2) is 0 Å². The number of hydrogen-bond acceptors (Lipinski definition) is 5. The Morgan fingerprint density at radius 2 is 1.78 bits per heavy atom. The Balaban J connectivity index is 1.51.